The molecule has 0 spiro atoms. The smallest absolute Gasteiger partial charge is 0.243 e. The first kappa shape index (κ1) is 16.5. The van der Waals surface area contributed by atoms with Crippen molar-refractivity contribution in [3.05, 3.63) is 50.9 Å². The molecule has 0 unspecified atom stereocenters. The van der Waals surface area contributed by atoms with Gasteiger partial charge >= 0.3 is 0 Å². The number of thiophene rings is 1. The lowest BCUT2D eigenvalue weighted by Gasteiger charge is -2.45. The Morgan fingerprint density at radius 2 is 2.04 bits per heavy atom. The standard InChI is InChI=1S/C16H16ClFN2O2S2/c17-14-7-13(1-2-15(14)18)24(21,22)20-9-12(10-20)19-5-3-16-11(8-19)4-6-23-16/h1-2,4,6-7,12H,3,5,8-10H2. The van der Waals surface area contributed by atoms with Crippen molar-refractivity contribution in [1.82, 2.24) is 9.21 Å². The third-order valence-electron chi connectivity index (χ3n) is 4.71. The van der Waals surface area contributed by atoms with E-state index in [-0.39, 0.29) is 16.0 Å². The summed E-state index contributed by atoms with van der Waals surface area (Å²) >= 11 is 7.50. The minimum Gasteiger partial charge on any atom is -0.293 e. The van der Waals surface area contributed by atoms with Gasteiger partial charge in [-0.25, -0.2) is 12.8 Å². The van der Waals surface area contributed by atoms with Gasteiger partial charge in [-0.3, -0.25) is 4.90 Å². The molecule has 2 aromatic rings. The summed E-state index contributed by atoms with van der Waals surface area (Å²) in [6, 6.07) is 5.93. The fourth-order valence-electron chi connectivity index (χ4n) is 3.21. The van der Waals surface area contributed by atoms with Gasteiger partial charge in [0.2, 0.25) is 10.0 Å². The Morgan fingerprint density at radius 1 is 1.25 bits per heavy atom. The van der Waals surface area contributed by atoms with Crippen molar-refractivity contribution in [1.29, 1.82) is 0 Å². The van der Waals surface area contributed by atoms with Crippen LogP contribution in [-0.4, -0.2) is 43.3 Å². The molecule has 0 radical (unpaired) electrons. The molecule has 1 fully saturated rings. The van der Waals surface area contributed by atoms with E-state index in [0.717, 1.165) is 25.6 Å². The maximum Gasteiger partial charge on any atom is 0.243 e. The Hall–Kier alpha value is -0.990. The van der Waals surface area contributed by atoms with E-state index < -0.39 is 15.8 Å². The molecular weight excluding hydrogens is 371 g/mol. The van der Waals surface area contributed by atoms with Gasteiger partial charge in [0.05, 0.1) is 9.92 Å². The second kappa shape index (κ2) is 6.07. The molecule has 1 aromatic heterocycles. The number of hydrogen-bond donors (Lipinski definition) is 0. The number of rotatable bonds is 3. The molecule has 24 heavy (non-hydrogen) atoms. The van der Waals surface area contributed by atoms with Crippen LogP contribution in [0, 0.1) is 5.82 Å². The van der Waals surface area contributed by atoms with Crippen molar-refractivity contribution in [3.63, 3.8) is 0 Å². The highest BCUT2D eigenvalue weighted by Crippen LogP contribution is 2.31. The lowest BCUT2D eigenvalue weighted by Crippen LogP contribution is -2.61. The van der Waals surface area contributed by atoms with E-state index in [1.807, 2.05) is 0 Å². The molecule has 0 bridgehead atoms. The maximum atomic E-state index is 13.2. The van der Waals surface area contributed by atoms with Crippen molar-refractivity contribution >= 4 is 33.0 Å². The summed E-state index contributed by atoms with van der Waals surface area (Å²) in [5, 5.41) is 1.94. The molecule has 0 atom stereocenters. The summed E-state index contributed by atoms with van der Waals surface area (Å²) in [5.74, 6) is -0.614. The van der Waals surface area contributed by atoms with Crippen molar-refractivity contribution in [2.75, 3.05) is 19.6 Å². The molecule has 0 saturated carbocycles. The minimum absolute atomic E-state index is 0.0473. The van der Waals surface area contributed by atoms with Gasteiger partial charge in [-0.2, -0.15) is 4.31 Å². The topological polar surface area (TPSA) is 40.6 Å². The first-order chi connectivity index (χ1) is 11.4. The van der Waals surface area contributed by atoms with Crippen LogP contribution in [-0.2, 0) is 23.0 Å². The van der Waals surface area contributed by atoms with Crippen LogP contribution < -0.4 is 0 Å². The molecule has 3 heterocycles. The lowest BCUT2D eigenvalue weighted by atomic mass is 10.0. The number of benzene rings is 1. The first-order valence-corrected chi connectivity index (χ1v) is 10.4. The fourth-order valence-corrected chi connectivity index (χ4v) is 5.89. The number of fused-ring (bicyclic) bond motifs is 1. The van der Waals surface area contributed by atoms with Crippen LogP contribution in [0.15, 0.2) is 34.5 Å². The summed E-state index contributed by atoms with van der Waals surface area (Å²) < 4.78 is 39.9. The SMILES string of the molecule is O=S(=O)(c1ccc(F)c(Cl)c1)N1CC(N2CCc3sccc3C2)C1. The van der Waals surface area contributed by atoms with E-state index in [9.17, 15) is 12.8 Å². The van der Waals surface area contributed by atoms with Crippen LogP contribution in [0.25, 0.3) is 0 Å². The average molecular weight is 387 g/mol. The normalized spacial score (nSPS) is 19.9. The molecule has 0 aliphatic carbocycles. The number of nitrogens with zero attached hydrogens (tertiary/aromatic N) is 2. The zero-order chi connectivity index (χ0) is 16.9. The average Bonchev–Trinajstić information content (AvgIpc) is 2.96. The lowest BCUT2D eigenvalue weighted by molar-refractivity contribution is 0.0775. The highest BCUT2D eigenvalue weighted by Gasteiger charge is 2.40. The predicted octanol–water partition coefficient (Wildman–Crippen LogP) is 2.97. The Labute approximate surface area is 149 Å². The monoisotopic (exact) mass is 386 g/mol. The van der Waals surface area contributed by atoms with E-state index in [4.69, 9.17) is 11.6 Å². The second-order valence-corrected chi connectivity index (χ2v) is 9.49. The molecular formula is C16H16ClFN2O2S2. The molecule has 8 heteroatoms. The summed E-state index contributed by atoms with van der Waals surface area (Å²) in [5.41, 5.74) is 1.36. The van der Waals surface area contributed by atoms with Gasteiger partial charge in [-0.1, -0.05) is 11.6 Å². The number of sulfonamides is 1. The second-order valence-electron chi connectivity index (χ2n) is 6.14. The molecule has 0 N–H and O–H groups in total. The summed E-state index contributed by atoms with van der Waals surface area (Å²) in [4.78, 5) is 3.83. The predicted molar refractivity (Wildman–Crippen MR) is 92.4 cm³/mol. The molecule has 4 rings (SSSR count). The van der Waals surface area contributed by atoms with Crippen molar-refractivity contribution in [2.24, 2.45) is 0 Å². The third-order valence-corrected chi connectivity index (χ3v) is 7.85. The third kappa shape index (κ3) is 2.78. The molecule has 0 amide bonds. The van der Waals surface area contributed by atoms with Crippen LogP contribution in [0.3, 0.4) is 0 Å². The van der Waals surface area contributed by atoms with Crippen molar-refractivity contribution in [2.45, 2.75) is 23.9 Å². The van der Waals surface area contributed by atoms with E-state index in [1.54, 1.807) is 11.3 Å². The van der Waals surface area contributed by atoms with E-state index in [0.29, 0.717) is 13.1 Å². The van der Waals surface area contributed by atoms with Crippen LogP contribution in [0.2, 0.25) is 5.02 Å². The van der Waals surface area contributed by atoms with Gasteiger partial charge in [0, 0.05) is 37.1 Å². The highest BCUT2D eigenvalue weighted by atomic mass is 35.5. The van der Waals surface area contributed by atoms with E-state index in [1.165, 1.54) is 26.9 Å². The quantitative estimate of drug-likeness (QED) is 0.814. The molecule has 2 aliphatic rings. The van der Waals surface area contributed by atoms with Gasteiger partial charge in [0.15, 0.2) is 0 Å². The zero-order valence-electron chi connectivity index (χ0n) is 12.8. The van der Waals surface area contributed by atoms with E-state index >= 15 is 0 Å². The molecule has 2 aliphatic heterocycles. The van der Waals surface area contributed by atoms with Crippen LogP contribution in [0.1, 0.15) is 10.4 Å². The van der Waals surface area contributed by atoms with Crippen molar-refractivity contribution < 1.29 is 12.8 Å². The molecule has 128 valence electrons. The van der Waals surface area contributed by atoms with Gasteiger partial charge in [0.25, 0.3) is 0 Å². The van der Waals surface area contributed by atoms with Gasteiger partial charge in [-0.05, 0) is 41.6 Å². The first-order valence-electron chi connectivity index (χ1n) is 7.69. The summed E-state index contributed by atoms with van der Waals surface area (Å²) in [6.45, 7) is 2.79. The maximum absolute atomic E-state index is 13.2. The largest absolute Gasteiger partial charge is 0.293 e. The molecule has 1 saturated heterocycles. The van der Waals surface area contributed by atoms with Crippen LogP contribution in [0.4, 0.5) is 4.39 Å². The Bertz CT molecular complexity index is 878. The Kier molecular flexibility index (Phi) is 4.17. The van der Waals surface area contributed by atoms with E-state index in [2.05, 4.69) is 16.3 Å². The molecule has 1 aromatic carbocycles. The minimum atomic E-state index is -3.61. The fraction of sp³-hybridized carbons (Fsp3) is 0.375. The van der Waals surface area contributed by atoms with Gasteiger partial charge in [-0.15, -0.1) is 11.3 Å². The summed E-state index contributed by atoms with van der Waals surface area (Å²) in [6.07, 6.45) is 1.03. The Morgan fingerprint density at radius 3 is 2.79 bits per heavy atom. The van der Waals surface area contributed by atoms with Crippen LogP contribution >= 0.6 is 22.9 Å². The highest BCUT2D eigenvalue weighted by molar-refractivity contribution is 7.89. The molecule has 4 nitrogen and oxygen atoms in total. The zero-order valence-corrected chi connectivity index (χ0v) is 15.2. The van der Waals surface area contributed by atoms with Gasteiger partial charge < -0.3 is 0 Å². The summed E-state index contributed by atoms with van der Waals surface area (Å²) in [7, 11) is -3.61. The number of hydrogen-bond acceptors (Lipinski definition) is 4. The van der Waals surface area contributed by atoms with Crippen molar-refractivity contribution in [3.8, 4) is 0 Å². The van der Waals surface area contributed by atoms with Crippen LogP contribution in [0.5, 0.6) is 0 Å². The Balaban J connectivity index is 1.44. The number of halogens is 2. The van der Waals surface area contributed by atoms with Gasteiger partial charge in [0.1, 0.15) is 5.82 Å².